The Labute approximate surface area is 167 Å². The molecule has 0 unspecified atom stereocenters. The van der Waals surface area contributed by atoms with Crippen molar-refractivity contribution < 1.29 is 32.7 Å². The number of nitrogens with zero attached hydrogens (tertiary/aromatic N) is 1. The number of rotatable bonds is 6. The van der Waals surface area contributed by atoms with Crippen molar-refractivity contribution in [2.24, 2.45) is 0 Å². The van der Waals surface area contributed by atoms with Gasteiger partial charge < -0.3 is 9.84 Å². The van der Waals surface area contributed by atoms with Gasteiger partial charge in [-0.05, 0) is 54.8 Å². The van der Waals surface area contributed by atoms with Gasteiger partial charge in [0.05, 0.1) is 11.0 Å². The first kappa shape index (κ1) is 21.2. The molecule has 2 aromatic rings. The molecule has 8 nitrogen and oxygen atoms in total. The lowest BCUT2D eigenvalue weighted by Gasteiger charge is -2.36. The third kappa shape index (κ3) is 4.73. The second-order valence-electron chi connectivity index (χ2n) is 6.63. The molecule has 0 aliphatic carbocycles. The van der Waals surface area contributed by atoms with Gasteiger partial charge in [0.2, 0.25) is 10.0 Å². The third-order valence-electron chi connectivity index (χ3n) is 4.68. The molecule has 0 aromatic heterocycles. The molecule has 0 radical (unpaired) electrons. The quantitative estimate of drug-likeness (QED) is 0.477. The van der Waals surface area contributed by atoms with Gasteiger partial charge in [-0.15, -0.1) is 0 Å². The standard InChI is InChI=1S/C19H21FN2O6S/c20-14-5-3-13(4-6-14)12-28-15-7-9-16(10-8-15)29(26,27)22-11-1-2-17(23)18(22)19(24)21-25/h3-10,17-18,23,25H,1-2,11-12H2,(H,21,24)/t17-,18+/m0/s1. The summed E-state index contributed by atoms with van der Waals surface area (Å²) in [6.45, 7) is 0.226. The predicted molar refractivity (Wildman–Crippen MR) is 100 cm³/mol. The minimum absolute atomic E-state index is 0.0420. The van der Waals surface area contributed by atoms with Gasteiger partial charge in [0.15, 0.2) is 0 Å². The van der Waals surface area contributed by atoms with Crippen LogP contribution in [0.2, 0.25) is 0 Å². The van der Waals surface area contributed by atoms with E-state index in [0.717, 1.165) is 9.87 Å². The number of halogens is 1. The number of carbonyl (C=O) groups is 1. The Hall–Kier alpha value is -2.53. The van der Waals surface area contributed by atoms with Crippen molar-refractivity contribution in [3.63, 3.8) is 0 Å². The summed E-state index contributed by atoms with van der Waals surface area (Å²) in [5, 5.41) is 19.0. The van der Waals surface area contributed by atoms with Crippen molar-refractivity contribution in [1.29, 1.82) is 0 Å². The first-order chi connectivity index (χ1) is 13.8. The maximum absolute atomic E-state index is 13.0. The molecule has 1 amide bonds. The molecule has 0 bridgehead atoms. The predicted octanol–water partition coefficient (Wildman–Crippen LogP) is 1.42. The topological polar surface area (TPSA) is 116 Å². The molecular weight excluding hydrogens is 403 g/mol. The highest BCUT2D eigenvalue weighted by molar-refractivity contribution is 7.89. The molecule has 1 aliphatic rings. The first-order valence-corrected chi connectivity index (χ1v) is 10.4. The fourth-order valence-corrected chi connectivity index (χ4v) is 4.83. The van der Waals surface area contributed by atoms with Crippen LogP contribution in [-0.2, 0) is 21.4 Å². The highest BCUT2D eigenvalue weighted by atomic mass is 32.2. The maximum Gasteiger partial charge on any atom is 0.264 e. The summed E-state index contributed by atoms with van der Waals surface area (Å²) in [5.41, 5.74) is 2.17. The van der Waals surface area contributed by atoms with Gasteiger partial charge in [-0.25, -0.2) is 18.3 Å². The van der Waals surface area contributed by atoms with E-state index >= 15 is 0 Å². The van der Waals surface area contributed by atoms with Crippen molar-refractivity contribution in [2.45, 2.75) is 36.5 Å². The van der Waals surface area contributed by atoms with Crippen LogP contribution in [0.4, 0.5) is 4.39 Å². The summed E-state index contributed by atoms with van der Waals surface area (Å²) < 4.78 is 45.3. The average Bonchev–Trinajstić information content (AvgIpc) is 2.73. The van der Waals surface area contributed by atoms with Crippen LogP contribution < -0.4 is 10.2 Å². The average molecular weight is 424 g/mol. The number of carbonyl (C=O) groups excluding carboxylic acids is 1. The summed E-state index contributed by atoms with van der Waals surface area (Å²) in [6, 6.07) is 10.0. The molecule has 29 heavy (non-hydrogen) atoms. The van der Waals surface area contributed by atoms with Crippen molar-refractivity contribution >= 4 is 15.9 Å². The molecule has 3 N–H and O–H groups in total. The number of hydroxylamine groups is 1. The van der Waals surface area contributed by atoms with Crippen LogP contribution in [0.5, 0.6) is 5.75 Å². The minimum Gasteiger partial charge on any atom is -0.489 e. The normalized spacial score (nSPS) is 20.2. The summed E-state index contributed by atoms with van der Waals surface area (Å²) >= 11 is 0. The van der Waals surface area contributed by atoms with Crippen LogP contribution in [-0.4, -0.2) is 47.6 Å². The van der Waals surface area contributed by atoms with E-state index < -0.39 is 28.1 Å². The van der Waals surface area contributed by atoms with Crippen molar-refractivity contribution in [3.8, 4) is 5.75 Å². The molecule has 2 atom stereocenters. The van der Waals surface area contributed by atoms with Crippen molar-refractivity contribution in [3.05, 3.63) is 59.9 Å². The Kier molecular flexibility index (Phi) is 6.48. The lowest BCUT2D eigenvalue weighted by atomic mass is 10.0. The largest absolute Gasteiger partial charge is 0.489 e. The number of sulfonamides is 1. The first-order valence-electron chi connectivity index (χ1n) is 8.94. The van der Waals surface area contributed by atoms with Gasteiger partial charge in [0.25, 0.3) is 5.91 Å². The maximum atomic E-state index is 13.0. The SMILES string of the molecule is O=C(NO)[C@H]1[C@@H](O)CCCN1S(=O)(=O)c1ccc(OCc2ccc(F)cc2)cc1. The van der Waals surface area contributed by atoms with Gasteiger partial charge in [0, 0.05) is 6.54 Å². The molecule has 10 heteroatoms. The highest BCUT2D eigenvalue weighted by Gasteiger charge is 2.42. The number of amides is 1. The van der Waals surface area contributed by atoms with Gasteiger partial charge >= 0.3 is 0 Å². The third-order valence-corrected chi connectivity index (χ3v) is 6.58. The second kappa shape index (κ2) is 8.87. The number of ether oxygens (including phenoxy) is 1. The van der Waals surface area contributed by atoms with Crippen LogP contribution in [0, 0.1) is 5.82 Å². The van der Waals surface area contributed by atoms with Crippen LogP contribution in [0.3, 0.4) is 0 Å². The molecule has 1 fully saturated rings. The Bertz CT molecular complexity index is 950. The summed E-state index contributed by atoms with van der Waals surface area (Å²) in [5.74, 6) is -0.920. The van der Waals surface area contributed by atoms with E-state index in [1.54, 1.807) is 12.1 Å². The molecule has 1 heterocycles. The Morgan fingerprint density at radius 1 is 1.17 bits per heavy atom. The van der Waals surface area contributed by atoms with Gasteiger partial charge in [-0.1, -0.05) is 12.1 Å². The molecule has 0 saturated carbocycles. The Morgan fingerprint density at radius 3 is 2.45 bits per heavy atom. The van der Waals surface area contributed by atoms with E-state index in [1.165, 1.54) is 41.9 Å². The lowest BCUT2D eigenvalue weighted by molar-refractivity contribution is -0.138. The van der Waals surface area contributed by atoms with E-state index in [2.05, 4.69) is 0 Å². The van der Waals surface area contributed by atoms with Crippen LogP contribution in [0.25, 0.3) is 0 Å². The smallest absolute Gasteiger partial charge is 0.264 e. The number of aliphatic hydroxyl groups is 1. The van der Waals surface area contributed by atoms with Gasteiger partial charge in [-0.3, -0.25) is 10.0 Å². The van der Waals surface area contributed by atoms with Crippen LogP contribution in [0.1, 0.15) is 18.4 Å². The molecule has 1 aliphatic heterocycles. The minimum atomic E-state index is -4.08. The lowest BCUT2D eigenvalue weighted by Crippen LogP contribution is -2.57. The summed E-state index contributed by atoms with van der Waals surface area (Å²) in [6.07, 6.45) is -0.585. The summed E-state index contributed by atoms with van der Waals surface area (Å²) in [4.78, 5) is 11.8. The van der Waals surface area contributed by atoms with Gasteiger partial charge in [-0.2, -0.15) is 4.31 Å². The Morgan fingerprint density at radius 2 is 1.83 bits per heavy atom. The number of benzene rings is 2. The zero-order valence-electron chi connectivity index (χ0n) is 15.4. The fraction of sp³-hybridized carbons (Fsp3) is 0.316. The van der Waals surface area contributed by atoms with E-state index in [4.69, 9.17) is 9.94 Å². The molecular formula is C19H21FN2O6S. The number of hydrogen-bond donors (Lipinski definition) is 3. The zero-order valence-corrected chi connectivity index (χ0v) is 16.2. The van der Waals surface area contributed by atoms with Crippen LogP contribution in [0.15, 0.2) is 53.4 Å². The molecule has 3 rings (SSSR count). The number of piperidine rings is 1. The van der Waals surface area contributed by atoms with E-state index in [-0.39, 0.29) is 30.3 Å². The number of nitrogens with one attached hydrogen (secondary N) is 1. The Balaban J connectivity index is 1.75. The molecule has 1 saturated heterocycles. The number of aliphatic hydroxyl groups excluding tert-OH is 1. The zero-order chi connectivity index (χ0) is 21.0. The van der Waals surface area contributed by atoms with E-state index in [0.29, 0.717) is 12.2 Å². The monoisotopic (exact) mass is 424 g/mol. The summed E-state index contributed by atoms with van der Waals surface area (Å²) in [7, 11) is -4.08. The van der Waals surface area contributed by atoms with E-state index in [1.807, 2.05) is 0 Å². The molecule has 0 spiro atoms. The number of hydrogen-bond acceptors (Lipinski definition) is 6. The second-order valence-corrected chi connectivity index (χ2v) is 8.52. The van der Waals surface area contributed by atoms with Crippen molar-refractivity contribution in [1.82, 2.24) is 9.79 Å². The fourth-order valence-electron chi connectivity index (χ4n) is 3.18. The highest BCUT2D eigenvalue weighted by Crippen LogP contribution is 2.27. The van der Waals surface area contributed by atoms with Gasteiger partial charge in [0.1, 0.15) is 24.2 Å². The van der Waals surface area contributed by atoms with E-state index in [9.17, 15) is 22.7 Å². The van der Waals surface area contributed by atoms with Crippen LogP contribution >= 0.6 is 0 Å². The molecule has 156 valence electrons. The molecule has 2 aromatic carbocycles. The van der Waals surface area contributed by atoms with Crippen molar-refractivity contribution in [2.75, 3.05) is 6.54 Å².